The molecule has 24 heavy (non-hydrogen) atoms. The van der Waals surface area contributed by atoms with Crippen LogP contribution in [0.3, 0.4) is 0 Å². The van der Waals surface area contributed by atoms with Crippen molar-refractivity contribution >= 4 is 17.2 Å². The third-order valence-corrected chi connectivity index (χ3v) is 5.78. The number of amides is 1. The summed E-state index contributed by atoms with van der Waals surface area (Å²) in [5.41, 5.74) is 2.49. The monoisotopic (exact) mass is 344 g/mol. The summed E-state index contributed by atoms with van der Waals surface area (Å²) in [6.45, 7) is 2.29. The molecule has 2 aromatic rings. The zero-order valence-corrected chi connectivity index (χ0v) is 14.9. The van der Waals surface area contributed by atoms with Crippen LogP contribution in [0, 0.1) is 0 Å². The van der Waals surface area contributed by atoms with Crippen LogP contribution in [0.4, 0.5) is 0 Å². The van der Waals surface area contributed by atoms with Gasteiger partial charge >= 0.3 is 0 Å². The number of aryl methyl sites for hydroxylation is 1. The highest BCUT2D eigenvalue weighted by atomic mass is 32.1. The molecule has 1 aliphatic carbocycles. The maximum Gasteiger partial charge on any atom is 0.237 e. The fraction of sp³-hybridized carbons (Fsp3) is 0.556. The van der Waals surface area contributed by atoms with Gasteiger partial charge in [-0.1, -0.05) is 0 Å². The standard InChI is InChI=1S/C18H24N4OS/c1-20-11-15(9-19-20)17-3-2-7-21(17)12-18(23)22(16-4-5-16)10-14-6-8-24-13-14/h6,8-9,11,13,16-17H,2-5,7,10,12H2,1H3. The second kappa shape index (κ2) is 6.69. The lowest BCUT2D eigenvalue weighted by atomic mass is 10.1. The van der Waals surface area contributed by atoms with Gasteiger partial charge in [-0.15, -0.1) is 0 Å². The number of carbonyl (C=O) groups is 1. The third-order valence-electron chi connectivity index (χ3n) is 5.05. The normalized spacial score (nSPS) is 21.3. The van der Waals surface area contributed by atoms with Gasteiger partial charge in [0.25, 0.3) is 0 Å². The van der Waals surface area contributed by atoms with Crippen molar-refractivity contribution in [1.29, 1.82) is 0 Å². The molecule has 1 amide bonds. The zero-order chi connectivity index (χ0) is 16.5. The van der Waals surface area contributed by atoms with Gasteiger partial charge in [0.2, 0.25) is 5.91 Å². The third kappa shape index (κ3) is 3.39. The van der Waals surface area contributed by atoms with Crippen LogP contribution in [0.2, 0.25) is 0 Å². The van der Waals surface area contributed by atoms with E-state index in [4.69, 9.17) is 0 Å². The van der Waals surface area contributed by atoms with Crippen molar-refractivity contribution in [3.63, 3.8) is 0 Å². The average Bonchev–Trinajstić information content (AvgIpc) is 2.96. The SMILES string of the molecule is Cn1cc(C2CCCN2CC(=O)N(Cc2ccsc2)C2CC2)cn1. The Morgan fingerprint density at radius 2 is 2.29 bits per heavy atom. The molecule has 1 unspecified atom stereocenters. The van der Waals surface area contributed by atoms with Crippen molar-refractivity contribution in [2.24, 2.45) is 7.05 Å². The van der Waals surface area contributed by atoms with E-state index in [1.54, 1.807) is 11.3 Å². The number of carbonyl (C=O) groups excluding carboxylic acids is 1. The van der Waals surface area contributed by atoms with E-state index in [1.807, 2.05) is 17.9 Å². The van der Waals surface area contributed by atoms with Crippen LogP contribution in [-0.4, -0.2) is 44.6 Å². The lowest BCUT2D eigenvalue weighted by molar-refractivity contribution is -0.133. The maximum absolute atomic E-state index is 13.0. The first-order valence-electron chi connectivity index (χ1n) is 8.74. The van der Waals surface area contributed by atoms with Gasteiger partial charge in [-0.05, 0) is 54.6 Å². The van der Waals surface area contributed by atoms with Gasteiger partial charge < -0.3 is 4.90 Å². The fourth-order valence-corrected chi connectivity index (χ4v) is 4.32. The topological polar surface area (TPSA) is 41.4 Å². The average molecular weight is 344 g/mol. The molecule has 2 aromatic heterocycles. The summed E-state index contributed by atoms with van der Waals surface area (Å²) in [6, 6.07) is 2.92. The van der Waals surface area contributed by atoms with E-state index in [0.29, 0.717) is 18.6 Å². The first-order chi connectivity index (χ1) is 11.7. The minimum Gasteiger partial charge on any atom is -0.334 e. The van der Waals surface area contributed by atoms with Crippen LogP contribution in [0.5, 0.6) is 0 Å². The van der Waals surface area contributed by atoms with Gasteiger partial charge in [0, 0.05) is 37.4 Å². The molecule has 0 N–H and O–H groups in total. The van der Waals surface area contributed by atoms with Gasteiger partial charge in [0.05, 0.1) is 12.7 Å². The van der Waals surface area contributed by atoms with Crippen molar-refractivity contribution in [2.45, 2.75) is 44.3 Å². The van der Waals surface area contributed by atoms with Crippen LogP contribution in [0.25, 0.3) is 0 Å². The van der Waals surface area contributed by atoms with Crippen LogP contribution in [0.15, 0.2) is 29.2 Å². The Morgan fingerprint density at radius 3 is 2.96 bits per heavy atom. The Labute approximate surface area is 146 Å². The van der Waals surface area contributed by atoms with E-state index in [9.17, 15) is 4.79 Å². The quantitative estimate of drug-likeness (QED) is 0.809. The molecule has 1 aliphatic heterocycles. The Kier molecular flexibility index (Phi) is 4.41. The molecular weight excluding hydrogens is 320 g/mol. The number of nitrogens with zero attached hydrogens (tertiary/aromatic N) is 4. The van der Waals surface area contributed by atoms with E-state index >= 15 is 0 Å². The van der Waals surface area contributed by atoms with E-state index in [-0.39, 0.29) is 5.91 Å². The van der Waals surface area contributed by atoms with E-state index < -0.39 is 0 Å². The number of hydrogen-bond donors (Lipinski definition) is 0. The molecule has 1 saturated heterocycles. The molecule has 2 fully saturated rings. The molecule has 0 spiro atoms. The summed E-state index contributed by atoms with van der Waals surface area (Å²) >= 11 is 1.70. The second-order valence-electron chi connectivity index (χ2n) is 6.96. The van der Waals surface area contributed by atoms with Gasteiger partial charge in [-0.3, -0.25) is 14.4 Å². The van der Waals surface area contributed by atoms with Gasteiger partial charge in [-0.25, -0.2) is 0 Å². The summed E-state index contributed by atoms with van der Waals surface area (Å²) < 4.78 is 1.85. The predicted octanol–water partition coefficient (Wildman–Crippen LogP) is 2.81. The Bertz CT molecular complexity index is 692. The molecule has 0 radical (unpaired) electrons. The van der Waals surface area contributed by atoms with Crippen LogP contribution < -0.4 is 0 Å². The molecule has 5 nitrogen and oxygen atoms in total. The number of aromatic nitrogens is 2. The van der Waals surface area contributed by atoms with Crippen molar-refractivity contribution in [3.05, 3.63) is 40.3 Å². The molecule has 3 heterocycles. The summed E-state index contributed by atoms with van der Waals surface area (Å²) in [6.07, 6.45) is 8.60. The van der Waals surface area contributed by atoms with Crippen LogP contribution in [-0.2, 0) is 18.4 Å². The highest BCUT2D eigenvalue weighted by Crippen LogP contribution is 2.33. The Morgan fingerprint density at radius 1 is 1.42 bits per heavy atom. The predicted molar refractivity (Wildman–Crippen MR) is 94.6 cm³/mol. The second-order valence-corrected chi connectivity index (χ2v) is 7.74. The highest BCUT2D eigenvalue weighted by Gasteiger charge is 2.35. The molecule has 0 bridgehead atoms. The van der Waals surface area contributed by atoms with Gasteiger partial charge in [-0.2, -0.15) is 16.4 Å². The summed E-state index contributed by atoms with van der Waals surface area (Å²) in [5, 5.41) is 8.53. The van der Waals surface area contributed by atoms with Gasteiger partial charge in [0.15, 0.2) is 0 Å². The van der Waals surface area contributed by atoms with Crippen molar-refractivity contribution in [3.8, 4) is 0 Å². The van der Waals surface area contributed by atoms with E-state index in [2.05, 4.69) is 37.9 Å². The highest BCUT2D eigenvalue weighted by molar-refractivity contribution is 7.07. The first kappa shape index (κ1) is 15.8. The molecule has 128 valence electrons. The number of thiophene rings is 1. The summed E-state index contributed by atoms with van der Waals surface area (Å²) in [4.78, 5) is 17.4. The van der Waals surface area contributed by atoms with Crippen LogP contribution >= 0.6 is 11.3 Å². The smallest absolute Gasteiger partial charge is 0.237 e. The molecule has 1 saturated carbocycles. The number of rotatable bonds is 6. The molecule has 1 atom stereocenters. The molecule has 2 aliphatic rings. The summed E-state index contributed by atoms with van der Waals surface area (Å²) in [5.74, 6) is 0.277. The molecule has 4 rings (SSSR count). The minimum absolute atomic E-state index is 0.277. The first-order valence-corrected chi connectivity index (χ1v) is 9.68. The maximum atomic E-state index is 13.0. The summed E-state index contributed by atoms with van der Waals surface area (Å²) in [7, 11) is 1.95. The molecule has 0 aromatic carbocycles. The minimum atomic E-state index is 0.277. The Hall–Kier alpha value is -1.66. The van der Waals surface area contributed by atoms with Crippen LogP contribution in [0.1, 0.15) is 42.9 Å². The molecular formula is C18H24N4OS. The number of hydrogen-bond acceptors (Lipinski definition) is 4. The van der Waals surface area contributed by atoms with E-state index in [1.165, 1.54) is 11.1 Å². The Balaban J connectivity index is 1.43. The lowest BCUT2D eigenvalue weighted by Crippen LogP contribution is -2.41. The largest absolute Gasteiger partial charge is 0.334 e. The van der Waals surface area contributed by atoms with Crippen molar-refractivity contribution in [1.82, 2.24) is 19.6 Å². The lowest BCUT2D eigenvalue weighted by Gasteiger charge is -2.28. The van der Waals surface area contributed by atoms with Crippen molar-refractivity contribution < 1.29 is 4.79 Å². The zero-order valence-electron chi connectivity index (χ0n) is 14.1. The fourth-order valence-electron chi connectivity index (χ4n) is 3.66. The molecule has 6 heteroatoms. The van der Waals surface area contributed by atoms with Crippen molar-refractivity contribution in [2.75, 3.05) is 13.1 Å². The number of likely N-dealkylation sites (tertiary alicyclic amines) is 1. The van der Waals surface area contributed by atoms with E-state index in [0.717, 1.165) is 38.8 Å². The van der Waals surface area contributed by atoms with Gasteiger partial charge in [0.1, 0.15) is 0 Å².